The maximum absolute atomic E-state index is 12.0. The molecule has 2 aliphatic heterocycles. The van der Waals surface area contributed by atoms with E-state index in [0.717, 1.165) is 63.6 Å². The highest BCUT2D eigenvalue weighted by atomic mass is 35.5. The van der Waals surface area contributed by atoms with Crippen molar-refractivity contribution in [1.82, 2.24) is 25.0 Å². The Hall–Kier alpha value is -2.62. The van der Waals surface area contributed by atoms with Crippen LogP contribution in [0.25, 0.3) is 0 Å². The smallest absolute Gasteiger partial charge is 0.246 e. The van der Waals surface area contributed by atoms with Crippen LogP contribution in [0.15, 0.2) is 30.9 Å². The predicted octanol–water partition coefficient (Wildman–Crippen LogP) is 2.62. The zero-order valence-corrected chi connectivity index (χ0v) is 18.2. The minimum absolute atomic E-state index is 0.0294. The number of rotatable bonds is 7. The third-order valence-corrected chi connectivity index (χ3v) is 5.65. The fraction of sp³-hybridized carbons (Fsp3) is 0.476. The van der Waals surface area contributed by atoms with E-state index in [2.05, 4.69) is 38.4 Å². The Morgan fingerprint density at radius 3 is 2.81 bits per heavy atom. The molecular weight excluding hydrogens is 418 g/mol. The number of aromatic amines is 1. The number of ether oxygens (including phenoxy) is 1. The highest BCUT2D eigenvalue weighted by Crippen LogP contribution is 2.23. The number of likely N-dealkylation sites (tertiary alicyclic amines) is 1. The quantitative estimate of drug-likeness (QED) is 0.563. The lowest BCUT2D eigenvalue weighted by Crippen LogP contribution is -2.44. The molecule has 0 saturated carbocycles. The van der Waals surface area contributed by atoms with Crippen molar-refractivity contribution >= 4 is 35.0 Å². The third-order valence-electron chi connectivity index (χ3n) is 5.46. The lowest BCUT2D eigenvalue weighted by Gasteiger charge is -2.33. The first-order valence-corrected chi connectivity index (χ1v) is 10.9. The van der Waals surface area contributed by atoms with Gasteiger partial charge >= 0.3 is 0 Å². The van der Waals surface area contributed by atoms with Crippen molar-refractivity contribution in [3.05, 3.63) is 41.6 Å². The van der Waals surface area contributed by atoms with E-state index >= 15 is 0 Å². The van der Waals surface area contributed by atoms with Crippen LogP contribution in [-0.4, -0.2) is 76.3 Å². The number of nitrogens with zero attached hydrogens (tertiary/aromatic N) is 4. The number of carbonyl (C=O) groups is 1. The number of hydrogen-bond acceptors (Lipinski definition) is 7. The van der Waals surface area contributed by atoms with E-state index in [1.165, 1.54) is 6.08 Å². The monoisotopic (exact) mass is 445 g/mol. The normalized spacial score (nSPS) is 19.8. The number of carbonyl (C=O) groups excluding carboxylic acids is 1. The second-order valence-electron chi connectivity index (χ2n) is 7.83. The SMILES string of the molecule is C=CC(=O)N1CCCC(Nc2cc(CN3CCOCC3)cc(Nc3cc(Cl)[nH]n3)n2)C1. The van der Waals surface area contributed by atoms with Crippen molar-refractivity contribution in [3.8, 4) is 0 Å². The van der Waals surface area contributed by atoms with Crippen molar-refractivity contribution in [2.45, 2.75) is 25.4 Å². The highest BCUT2D eigenvalue weighted by molar-refractivity contribution is 6.29. The number of anilines is 3. The molecule has 2 saturated heterocycles. The lowest BCUT2D eigenvalue weighted by molar-refractivity contribution is -0.127. The summed E-state index contributed by atoms with van der Waals surface area (Å²) in [6.07, 6.45) is 3.30. The summed E-state index contributed by atoms with van der Waals surface area (Å²) in [5, 5.41) is 14.0. The molecule has 2 fully saturated rings. The summed E-state index contributed by atoms with van der Waals surface area (Å²) in [6.45, 7) is 9.13. The van der Waals surface area contributed by atoms with Crippen molar-refractivity contribution in [2.75, 3.05) is 50.0 Å². The van der Waals surface area contributed by atoms with Crippen LogP contribution in [0, 0.1) is 0 Å². The average molecular weight is 446 g/mol. The van der Waals surface area contributed by atoms with Gasteiger partial charge in [-0.2, -0.15) is 5.10 Å². The van der Waals surface area contributed by atoms with E-state index in [4.69, 9.17) is 21.3 Å². The molecule has 4 rings (SSSR count). The van der Waals surface area contributed by atoms with E-state index in [1.54, 1.807) is 6.07 Å². The standard InChI is InChI=1S/C21H28ClN7O2/c1-2-21(30)29-5-3-4-16(14-29)23-18-10-15(13-28-6-8-31-9-7-28)11-19(24-18)25-20-12-17(22)26-27-20/h2,10-12,16H,1,3-9,13-14H2,(H3,23,24,25,26,27). The Balaban J connectivity index is 1.51. The maximum Gasteiger partial charge on any atom is 0.246 e. The van der Waals surface area contributed by atoms with Gasteiger partial charge in [0, 0.05) is 44.8 Å². The summed E-state index contributed by atoms with van der Waals surface area (Å²) in [5.41, 5.74) is 1.14. The first-order valence-electron chi connectivity index (χ1n) is 10.6. The molecule has 1 unspecified atom stereocenters. The van der Waals surface area contributed by atoms with Crippen LogP contribution in [-0.2, 0) is 16.1 Å². The van der Waals surface area contributed by atoms with Gasteiger partial charge in [0.1, 0.15) is 16.8 Å². The molecule has 10 heteroatoms. The molecule has 9 nitrogen and oxygen atoms in total. The largest absolute Gasteiger partial charge is 0.379 e. The van der Waals surface area contributed by atoms with Gasteiger partial charge in [-0.3, -0.25) is 14.8 Å². The van der Waals surface area contributed by atoms with Crippen LogP contribution in [0.1, 0.15) is 18.4 Å². The first kappa shape index (κ1) is 21.6. The Kier molecular flexibility index (Phi) is 7.06. The van der Waals surface area contributed by atoms with E-state index in [1.807, 2.05) is 11.0 Å². The number of H-pyrrole nitrogens is 1. The molecule has 0 spiro atoms. The van der Waals surface area contributed by atoms with Crippen molar-refractivity contribution in [2.24, 2.45) is 0 Å². The van der Waals surface area contributed by atoms with Crippen molar-refractivity contribution in [3.63, 3.8) is 0 Å². The van der Waals surface area contributed by atoms with Gasteiger partial charge in [0.25, 0.3) is 0 Å². The molecule has 4 heterocycles. The summed E-state index contributed by atoms with van der Waals surface area (Å²) in [7, 11) is 0. The maximum atomic E-state index is 12.0. The molecule has 0 aliphatic carbocycles. The second kappa shape index (κ2) is 10.1. The van der Waals surface area contributed by atoms with Crippen molar-refractivity contribution < 1.29 is 9.53 Å². The van der Waals surface area contributed by atoms with Gasteiger partial charge in [-0.1, -0.05) is 18.2 Å². The number of piperidine rings is 1. The first-order chi connectivity index (χ1) is 15.1. The Labute approximate surface area is 186 Å². The van der Waals surface area contributed by atoms with Crippen LogP contribution < -0.4 is 10.6 Å². The van der Waals surface area contributed by atoms with Gasteiger partial charge in [-0.05, 0) is 36.6 Å². The minimum atomic E-state index is -0.0294. The van der Waals surface area contributed by atoms with Gasteiger partial charge in [0.15, 0.2) is 5.82 Å². The molecule has 166 valence electrons. The molecule has 2 aromatic rings. The molecule has 31 heavy (non-hydrogen) atoms. The lowest BCUT2D eigenvalue weighted by atomic mass is 10.1. The molecule has 3 N–H and O–H groups in total. The van der Waals surface area contributed by atoms with Gasteiger partial charge in [0.2, 0.25) is 5.91 Å². The molecule has 2 aliphatic rings. The van der Waals surface area contributed by atoms with Crippen LogP contribution in [0.5, 0.6) is 0 Å². The summed E-state index contributed by atoms with van der Waals surface area (Å²) >= 11 is 5.95. The predicted molar refractivity (Wildman–Crippen MR) is 121 cm³/mol. The number of nitrogens with one attached hydrogen (secondary N) is 3. The number of morpholine rings is 1. The van der Waals surface area contributed by atoms with E-state index < -0.39 is 0 Å². The van der Waals surface area contributed by atoms with E-state index in [-0.39, 0.29) is 11.9 Å². The molecule has 1 atom stereocenters. The number of halogens is 1. The molecule has 0 radical (unpaired) electrons. The Bertz CT molecular complexity index is 913. The van der Waals surface area contributed by atoms with Gasteiger partial charge in [0.05, 0.1) is 13.2 Å². The zero-order valence-electron chi connectivity index (χ0n) is 17.4. The summed E-state index contributed by atoms with van der Waals surface area (Å²) in [6, 6.07) is 5.95. The highest BCUT2D eigenvalue weighted by Gasteiger charge is 2.23. The van der Waals surface area contributed by atoms with Crippen LogP contribution in [0.3, 0.4) is 0 Å². The minimum Gasteiger partial charge on any atom is -0.379 e. The number of pyridine rings is 1. The zero-order chi connectivity index (χ0) is 21.6. The number of hydrogen-bond donors (Lipinski definition) is 3. The van der Waals surface area contributed by atoms with E-state index in [9.17, 15) is 4.79 Å². The van der Waals surface area contributed by atoms with Crippen LogP contribution in [0.4, 0.5) is 17.5 Å². The summed E-state index contributed by atoms with van der Waals surface area (Å²) < 4.78 is 5.46. The summed E-state index contributed by atoms with van der Waals surface area (Å²) in [4.78, 5) is 20.9. The molecular formula is C21H28ClN7O2. The van der Waals surface area contributed by atoms with Gasteiger partial charge in [-0.15, -0.1) is 0 Å². The summed E-state index contributed by atoms with van der Waals surface area (Å²) in [5.74, 6) is 2.03. The topological polar surface area (TPSA) is 98.4 Å². The van der Waals surface area contributed by atoms with Crippen LogP contribution in [0.2, 0.25) is 5.15 Å². The Morgan fingerprint density at radius 1 is 1.26 bits per heavy atom. The molecule has 1 amide bonds. The van der Waals surface area contributed by atoms with Crippen LogP contribution >= 0.6 is 11.6 Å². The Morgan fingerprint density at radius 2 is 2.06 bits per heavy atom. The molecule has 2 aromatic heterocycles. The second-order valence-corrected chi connectivity index (χ2v) is 8.24. The number of aromatic nitrogens is 3. The van der Waals surface area contributed by atoms with Gasteiger partial charge in [-0.25, -0.2) is 4.98 Å². The van der Waals surface area contributed by atoms with Crippen molar-refractivity contribution in [1.29, 1.82) is 0 Å². The number of amides is 1. The fourth-order valence-corrected chi connectivity index (χ4v) is 4.11. The average Bonchev–Trinajstić information content (AvgIpc) is 3.18. The van der Waals surface area contributed by atoms with E-state index in [0.29, 0.717) is 23.3 Å². The molecule has 0 aromatic carbocycles. The van der Waals surface area contributed by atoms with Gasteiger partial charge < -0.3 is 20.3 Å². The fourth-order valence-electron chi connectivity index (χ4n) is 3.96. The third kappa shape index (κ3) is 5.96. The molecule has 0 bridgehead atoms.